The minimum Gasteiger partial charge on any atom is -0.379 e. The van der Waals surface area contributed by atoms with E-state index in [9.17, 15) is 0 Å². The fourth-order valence-electron chi connectivity index (χ4n) is 0.588. The van der Waals surface area contributed by atoms with Crippen LogP contribution in [0, 0.1) is 0 Å². The molecule has 0 aromatic carbocycles. The Morgan fingerprint density at radius 2 is 1.80 bits per heavy atom. The van der Waals surface area contributed by atoms with Gasteiger partial charge in [-0.15, -0.1) is 0 Å². The van der Waals surface area contributed by atoms with Crippen molar-refractivity contribution >= 4 is 0 Å². The van der Waals surface area contributed by atoms with Gasteiger partial charge in [-0.05, 0) is 26.7 Å². The van der Waals surface area contributed by atoms with E-state index in [1.165, 1.54) is 0 Å². The van der Waals surface area contributed by atoms with Gasteiger partial charge in [0.15, 0.2) is 0 Å². The summed E-state index contributed by atoms with van der Waals surface area (Å²) >= 11 is 0. The van der Waals surface area contributed by atoms with Crippen molar-refractivity contribution in [2.24, 2.45) is 0 Å². The number of unbranched alkanes of at least 4 members (excludes halogenated alkanes) is 1. The predicted molar refractivity (Wildman–Crippen MR) is 38.9 cm³/mol. The molecule has 0 bridgehead atoms. The molecule has 0 aliphatic heterocycles. The molecule has 3 nitrogen and oxygen atoms in total. The highest BCUT2D eigenvalue weighted by Crippen LogP contribution is 1.93. The van der Waals surface area contributed by atoms with Crippen molar-refractivity contribution < 1.29 is 14.9 Å². The molecule has 0 fully saturated rings. The van der Waals surface area contributed by atoms with Crippen LogP contribution in [0.15, 0.2) is 0 Å². The minimum atomic E-state index is 0.301. The highest BCUT2D eigenvalue weighted by Gasteiger charge is 1.92. The second-order valence-corrected chi connectivity index (χ2v) is 2.46. The van der Waals surface area contributed by atoms with Crippen LogP contribution in [0.2, 0.25) is 0 Å². The first kappa shape index (κ1) is 9.88. The van der Waals surface area contributed by atoms with E-state index in [0.717, 1.165) is 19.4 Å². The van der Waals surface area contributed by atoms with E-state index in [-0.39, 0.29) is 0 Å². The van der Waals surface area contributed by atoms with Crippen molar-refractivity contribution in [3.05, 3.63) is 0 Å². The first-order chi connectivity index (χ1) is 4.77. The Morgan fingerprint density at radius 3 is 2.30 bits per heavy atom. The molecule has 0 aliphatic carbocycles. The van der Waals surface area contributed by atoms with E-state index >= 15 is 0 Å². The summed E-state index contributed by atoms with van der Waals surface area (Å²) in [6.07, 6.45) is 2.09. The van der Waals surface area contributed by atoms with Gasteiger partial charge in [-0.25, -0.2) is 4.89 Å². The predicted octanol–water partition coefficient (Wildman–Crippen LogP) is 1.68. The Kier molecular flexibility index (Phi) is 6.91. The van der Waals surface area contributed by atoms with E-state index < -0.39 is 0 Å². The van der Waals surface area contributed by atoms with Crippen molar-refractivity contribution in [3.8, 4) is 0 Å². The second-order valence-electron chi connectivity index (χ2n) is 2.46. The van der Waals surface area contributed by atoms with E-state index in [1.54, 1.807) is 0 Å². The molecule has 0 amide bonds. The summed E-state index contributed by atoms with van der Waals surface area (Å²) in [7, 11) is 0. The van der Waals surface area contributed by atoms with Crippen molar-refractivity contribution in [1.29, 1.82) is 0 Å². The van der Waals surface area contributed by atoms with Gasteiger partial charge in [0, 0.05) is 6.61 Å². The lowest BCUT2D eigenvalue weighted by molar-refractivity contribution is -0.243. The van der Waals surface area contributed by atoms with Gasteiger partial charge in [0.05, 0.1) is 12.7 Å². The van der Waals surface area contributed by atoms with Crippen LogP contribution in [0.25, 0.3) is 0 Å². The first-order valence-electron chi connectivity index (χ1n) is 3.65. The summed E-state index contributed by atoms with van der Waals surface area (Å²) in [5.41, 5.74) is 0. The standard InChI is InChI=1S/C7H16O3/c1-7(2)9-5-3-4-6-10-8/h7-8H,3-6H2,1-2H3. The lowest BCUT2D eigenvalue weighted by atomic mass is 10.3. The zero-order valence-corrected chi connectivity index (χ0v) is 6.67. The smallest absolute Gasteiger partial charge is 0.0820 e. The van der Waals surface area contributed by atoms with E-state index in [2.05, 4.69) is 4.89 Å². The van der Waals surface area contributed by atoms with Gasteiger partial charge in [0.2, 0.25) is 0 Å². The van der Waals surface area contributed by atoms with Gasteiger partial charge < -0.3 is 4.74 Å². The quantitative estimate of drug-likeness (QED) is 0.354. The van der Waals surface area contributed by atoms with Crippen LogP contribution in [-0.4, -0.2) is 24.6 Å². The van der Waals surface area contributed by atoms with Crippen LogP contribution in [0.1, 0.15) is 26.7 Å². The third-order valence-electron chi connectivity index (χ3n) is 1.08. The molecule has 10 heavy (non-hydrogen) atoms. The summed E-state index contributed by atoms with van der Waals surface area (Å²) in [4.78, 5) is 3.89. The van der Waals surface area contributed by atoms with E-state index in [1.807, 2.05) is 13.8 Å². The normalized spacial score (nSPS) is 10.8. The largest absolute Gasteiger partial charge is 0.379 e. The molecule has 0 heterocycles. The molecule has 0 aromatic heterocycles. The molecule has 0 unspecified atom stereocenters. The summed E-state index contributed by atoms with van der Waals surface area (Å²) in [6.45, 7) is 5.16. The lowest BCUT2D eigenvalue weighted by Crippen LogP contribution is -2.04. The molecular weight excluding hydrogens is 132 g/mol. The lowest BCUT2D eigenvalue weighted by Gasteiger charge is -2.05. The van der Waals surface area contributed by atoms with Gasteiger partial charge in [0.1, 0.15) is 0 Å². The number of ether oxygens (including phenoxy) is 1. The van der Waals surface area contributed by atoms with E-state index in [0.29, 0.717) is 12.7 Å². The maximum Gasteiger partial charge on any atom is 0.0820 e. The molecule has 0 radical (unpaired) electrons. The van der Waals surface area contributed by atoms with Gasteiger partial charge in [-0.1, -0.05) is 0 Å². The van der Waals surface area contributed by atoms with Gasteiger partial charge >= 0.3 is 0 Å². The molecule has 1 N–H and O–H groups in total. The Balaban J connectivity index is 2.77. The molecule has 3 heteroatoms. The number of hydrogen-bond acceptors (Lipinski definition) is 3. The minimum absolute atomic E-state index is 0.301. The number of rotatable bonds is 6. The molecule has 0 spiro atoms. The summed E-state index contributed by atoms with van der Waals surface area (Å²) in [5, 5.41) is 7.93. The Morgan fingerprint density at radius 1 is 1.20 bits per heavy atom. The maximum absolute atomic E-state index is 7.93. The Labute approximate surface area is 61.9 Å². The van der Waals surface area contributed by atoms with Crippen LogP contribution < -0.4 is 0 Å². The van der Waals surface area contributed by atoms with Crippen molar-refractivity contribution in [3.63, 3.8) is 0 Å². The van der Waals surface area contributed by atoms with Crippen molar-refractivity contribution in [2.45, 2.75) is 32.8 Å². The SMILES string of the molecule is CC(C)OCCCCOO. The number of hydrogen-bond donors (Lipinski definition) is 1. The zero-order chi connectivity index (χ0) is 7.82. The topological polar surface area (TPSA) is 38.7 Å². The average Bonchev–Trinajstić information content (AvgIpc) is 1.87. The van der Waals surface area contributed by atoms with Crippen LogP contribution in [0.5, 0.6) is 0 Å². The van der Waals surface area contributed by atoms with Gasteiger partial charge in [0.25, 0.3) is 0 Å². The summed E-state index contributed by atoms with van der Waals surface area (Å²) in [6, 6.07) is 0. The third kappa shape index (κ3) is 7.88. The maximum atomic E-state index is 7.93. The van der Waals surface area contributed by atoms with Gasteiger partial charge in [-0.2, -0.15) is 0 Å². The van der Waals surface area contributed by atoms with Gasteiger partial charge in [-0.3, -0.25) is 5.26 Å². The highest BCUT2D eigenvalue weighted by molar-refractivity contribution is 4.39. The van der Waals surface area contributed by atoms with Crippen molar-refractivity contribution in [2.75, 3.05) is 13.2 Å². The first-order valence-corrected chi connectivity index (χ1v) is 3.65. The zero-order valence-electron chi connectivity index (χ0n) is 6.67. The molecule has 0 aliphatic rings. The third-order valence-corrected chi connectivity index (χ3v) is 1.08. The molecule has 0 rings (SSSR count). The van der Waals surface area contributed by atoms with Crippen molar-refractivity contribution in [1.82, 2.24) is 0 Å². The van der Waals surface area contributed by atoms with Crippen LogP contribution >= 0.6 is 0 Å². The molecule has 0 saturated carbocycles. The summed E-state index contributed by atoms with van der Waals surface area (Å²) in [5.74, 6) is 0. The second kappa shape index (κ2) is 6.99. The highest BCUT2D eigenvalue weighted by atomic mass is 17.1. The fraction of sp³-hybridized carbons (Fsp3) is 1.00. The monoisotopic (exact) mass is 148 g/mol. The summed E-state index contributed by atoms with van der Waals surface area (Å²) < 4.78 is 5.25. The molecule has 0 atom stereocenters. The van der Waals surface area contributed by atoms with Crippen LogP contribution in [-0.2, 0) is 9.62 Å². The van der Waals surface area contributed by atoms with Crippen LogP contribution in [0.4, 0.5) is 0 Å². The molecule has 0 saturated heterocycles. The average molecular weight is 148 g/mol. The molecular formula is C7H16O3. The van der Waals surface area contributed by atoms with Crippen LogP contribution in [0.3, 0.4) is 0 Å². The Bertz CT molecular complexity index is 63.9. The molecule has 0 aromatic rings. The Hall–Kier alpha value is -0.120. The molecule has 62 valence electrons. The fourth-order valence-corrected chi connectivity index (χ4v) is 0.588. The van der Waals surface area contributed by atoms with E-state index in [4.69, 9.17) is 9.99 Å².